The number of carbonyl (C=O) groups excluding carboxylic acids is 1. The fourth-order valence-electron chi connectivity index (χ4n) is 5.06. The van der Waals surface area contributed by atoms with Crippen LogP contribution in [0.1, 0.15) is 55.2 Å². The van der Waals surface area contributed by atoms with Crippen molar-refractivity contribution in [2.24, 2.45) is 0 Å². The van der Waals surface area contributed by atoms with Gasteiger partial charge in [0.25, 0.3) is 0 Å². The molecule has 3 aliphatic heterocycles. The quantitative estimate of drug-likeness (QED) is 0.845. The molecule has 0 radical (unpaired) electrons. The lowest BCUT2D eigenvalue weighted by Crippen LogP contribution is -2.45. The van der Waals surface area contributed by atoms with E-state index in [-0.39, 0.29) is 23.7 Å². The number of aryl methyl sites for hydroxylation is 2. The summed E-state index contributed by atoms with van der Waals surface area (Å²) in [5.41, 5.74) is 4.12. The van der Waals surface area contributed by atoms with Crippen LogP contribution < -0.4 is 5.32 Å². The number of carbonyl (C=O) groups is 1. The third-order valence-corrected chi connectivity index (χ3v) is 6.52. The normalized spacial score (nSPS) is 27.4. The van der Waals surface area contributed by atoms with Gasteiger partial charge in [-0.1, -0.05) is 29.3 Å². The van der Waals surface area contributed by atoms with E-state index >= 15 is 0 Å². The van der Waals surface area contributed by atoms with Crippen molar-refractivity contribution in [1.29, 1.82) is 0 Å². The monoisotopic (exact) mass is 386 g/mol. The van der Waals surface area contributed by atoms with E-state index in [1.54, 1.807) is 0 Å². The summed E-state index contributed by atoms with van der Waals surface area (Å²) in [4.78, 5) is 14.7. The third-order valence-electron chi connectivity index (χ3n) is 6.52. The number of piperidine rings is 1. The van der Waals surface area contributed by atoms with Crippen LogP contribution >= 0.6 is 0 Å². The van der Waals surface area contributed by atoms with E-state index in [1.165, 1.54) is 16.7 Å². The molecule has 0 bridgehead atoms. The topological polar surface area (TPSA) is 50.8 Å². The van der Waals surface area contributed by atoms with Crippen LogP contribution in [0.2, 0.25) is 0 Å². The zero-order valence-electron chi connectivity index (χ0n) is 17.3. The van der Waals surface area contributed by atoms with E-state index < -0.39 is 0 Å². The molecule has 1 amide bonds. The van der Waals surface area contributed by atoms with Crippen LogP contribution in [-0.2, 0) is 20.8 Å². The maximum absolute atomic E-state index is 12.1. The summed E-state index contributed by atoms with van der Waals surface area (Å²) in [5.74, 6) is 0.0327. The molecule has 3 saturated heterocycles. The minimum Gasteiger partial charge on any atom is -0.370 e. The Balaban J connectivity index is 1.22. The first kappa shape index (κ1) is 19.9. The van der Waals surface area contributed by atoms with Crippen LogP contribution in [0.3, 0.4) is 0 Å². The number of hydrogen-bond acceptors (Lipinski definition) is 4. The van der Waals surface area contributed by atoms with Gasteiger partial charge < -0.3 is 14.8 Å². The van der Waals surface area contributed by atoms with Gasteiger partial charge in [-0.25, -0.2) is 0 Å². The van der Waals surface area contributed by atoms with Crippen molar-refractivity contribution in [3.63, 3.8) is 0 Å². The summed E-state index contributed by atoms with van der Waals surface area (Å²) in [5, 5.41) is 3.04. The average molecular weight is 387 g/mol. The standard InChI is InChI=1S/C23H34N2O3/c1-17-12-18(2)14-19(13-17)16-25-9-7-23(8-10-25)6-5-20(28-23)15-24-22(26)21-4-3-11-27-21/h12-14,20-21H,3-11,15-16H2,1-2H3,(H,24,26)/t20-,21+/m0/s1. The Kier molecular flexibility index (Phi) is 6.04. The number of ether oxygens (including phenoxy) is 2. The van der Waals surface area contributed by atoms with Crippen molar-refractivity contribution >= 4 is 5.91 Å². The summed E-state index contributed by atoms with van der Waals surface area (Å²) >= 11 is 0. The van der Waals surface area contributed by atoms with Gasteiger partial charge in [-0.05, 0) is 57.9 Å². The van der Waals surface area contributed by atoms with Gasteiger partial charge in [-0.2, -0.15) is 0 Å². The molecule has 4 rings (SSSR count). The van der Waals surface area contributed by atoms with Gasteiger partial charge in [0, 0.05) is 32.8 Å². The van der Waals surface area contributed by atoms with E-state index in [0.29, 0.717) is 13.2 Å². The first-order chi connectivity index (χ1) is 13.5. The Morgan fingerprint density at radius 2 is 1.89 bits per heavy atom. The molecule has 154 valence electrons. The van der Waals surface area contributed by atoms with E-state index in [2.05, 4.69) is 42.3 Å². The van der Waals surface area contributed by atoms with Gasteiger partial charge in [0.15, 0.2) is 0 Å². The highest BCUT2D eigenvalue weighted by Gasteiger charge is 2.42. The maximum atomic E-state index is 12.1. The second-order valence-electron chi connectivity index (χ2n) is 8.98. The largest absolute Gasteiger partial charge is 0.370 e. The number of amides is 1. The number of nitrogens with zero attached hydrogens (tertiary/aromatic N) is 1. The lowest BCUT2D eigenvalue weighted by atomic mass is 9.88. The molecule has 0 saturated carbocycles. The Labute approximate surface area is 168 Å². The van der Waals surface area contributed by atoms with Gasteiger partial charge in [-0.3, -0.25) is 9.69 Å². The predicted molar refractivity (Wildman–Crippen MR) is 109 cm³/mol. The third kappa shape index (κ3) is 4.76. The van der Waals surface area contributed by atoms with Crippen LogP contribution in [0, 0.1) is 13.8 Å². The van der Waals surface area contributed by atoms with Crippen LogP contribution in [0.4, 0.5) is 0 Å². The minimum absolute atomic E-state index is 0.0261. The van der Waals surface area contributed by atoms with Gasteiger partial charge in [0.05, 0.1) is 11.7 Å². The van der Waals surface area contributed by atoms with Gasteiger partial charge in [0.2, 0.25) is 5.91 Å². The molecule has 1 aromatic carbocycles. The molecule has 3 fully saturated rings. The highest BCUT2D eigenvalue weighted by molar-refractivity contribution is 5.80. The molecule has 0 unspecified atom stereocenters. The van der Waals surface area contributed by atoms with Crippen molar-refractivity contribution in [3.8, 4) is 0 Å². The number of rotatable bonds is 5. The number of likely N-dealkylation sites (tertiary alicyclic amines) is 1. The summed E-state index contributed by atoms with van der Waals surface area (Å²) < 4.78 is 11.9. The number of hydrogen-bond donors (Lipinski definition) is 1. The predicted octanol–water partition coefficient (Wildman–Crippen LogP) is 3.11. The van der Waals surface area contributed by atoms with E-state index in [0.717, 1.165) is 58.2 Å². The van der Waals surface area contributed by atoms with Crippen molar-refractivity contribution < 1.29 is 14.3 Å². The van der Waals surface area contributed by atoms with Gasteiger partial charge in [0.1, 0.15) is 6.10 Å². The Morgan fingerprint density at radius 1 is 1.14 bits per heavy atom. The molecule has 5 heteroatoms. The molecular weight excluding hydrogens is 352 g/mol. The van der Waals surface area contributed by atoms with Crippen LogP contribution in [0.5, 0.6) is 0 Å². The highest BCUT2D eigenvalue weighted by atomic mass is 16.5. The van der Waals surface area contributed by atoms with Crippen LogP contribution in [0.25, 0.3) is 0 Å². The van der Waals surface area contributed by atoms with Crippen LogP contribution in [-0.4, -0.2) is 54.9 Å². The van der Waals surface area contributed by atoms with E-state index in [9.17, 15) is 4.79 Å². The van der Waals surface area contributed by atoms with Crippen molar-refractivity contribution in [2.75, 3.05) is 26.2 Å². The van der Waals surface area contributed by atoms with Crippen molar-refractivity contribution in [1.82, 2.24) is 10.2 Å². The molecular formula is C23H34N2O3. The number of nitrogens with one attached hydrogen (secondary N) is 1. The first-order valence-electron chi connectivity index (χ1n) is 10.9. The Bertz CT molecular complexity index is 671. The minimum atomic E-state index is -0.246. The van der Waals surface area contributed by atoms with Gasteiger partial charge in [-0.15, -0.1) is 0 Å². The Hall–Kier alpha value is -1.43. The first-order valence-corrected chi connectivity index (χ1v) is 10.9. The van der Waals surface area contributed by atoms with Crippen molar-refractivity contribution in [2.45, 2.75) is 76.7 Å². The summed E-state index contributed by atoms with van der Waals surface area (Å²) in [6.07, 6.45) is 6.08. The number of benzene rings is 1. The lowest BCUT2D eigenvalue weighted by Gasteiger charge is -2.39. The molecule has 5 nitrogen and oxygen atoms in total. The second-order valence-corrected chi connectivity index (χ2v) is 8.98. The van der Waals surface area contributed by atoms with Gasteiger partial charge >= 0.3 is 0 Å². The molecule has 0 aliphatic carbocycles. The van der Waals surface area contributed by atoms with E-state index in [1.807, 2.05) is 0 Å². The molecule has 2 atom stereocenters. The summed E-state index contributed by atoms with van der Waals surface area (Å²) in [7, 11) is 0. The van der Waals surface area contributed by atoms with Crippen molar-refractivity contribution in [3.05, 3.63) is 34.9 Å². The SMILES string of the molecule is Cc1cc(C)cc(CN2CCC3(CC[C@@H](CNC(=O)[C@H]4CCCO4)O3)CC2)c1. The average Bonchev–Trinajstić information content (AvgIpc) is 3.32. The Morgan fingerprint density at radius 3 is 2.57 bits per heavy atom. The molecule has 1 N–H and O–H groups in total. The zero-order chi connectivity index (χ0) is 19.6. The van der Waals surface area contributed by atoms with Crippen LogP contribution in [0.15, 0.2) is 18.2 Å². The second kappa shape index (κ2) is 8.52. The summed E-state index contributed by atoms with van der Waals surface area (Å²) in [6, 6.07) is 6.84. The molecule has 0 aromatic heterocycles. The fraction of sp³-hybridized carbons (Fsp3) is 0.696. The zero-order valence-corrected chi connectivity index (χ0v) is 17.3. The maximum Gasteiger partial charge on any atom is 0.249 e. The molecule has 3 heterocycles. The fourth-order valence-corrected chi connectivity index (χ4v) is 5.06. The molecule has 28 heavy (non-hydrogen) atoms. The van der Waals surface area contributed by atoms with E-state index in [4.69, 9.17) is 9.47 Å². The highest BCUT2D eigenvalue weighted by Crippen LogP contribution is 2.39. The lowest BCUT2D eigenvalue weighted by molar-refractivity contribution is -0.131. The molecule has 3 aliphatic rings. The molecule has 1 aromatic rings. The smallest absolute Gasteiger partial charge is 0.249 e. The summed E-state index contributed by atoms with van der Waals surface area (Å²) in [6.45, 7) is 8.87. The molecule has 1 spiro atoms.